The number of hydrogen-bond donors (Lipinski definition) is 1. The lowest BCUT2D eigenvalue weighted by molar-refractivity contribution is 0.809. The SMILES string of the molecule is CCNc1nc(-c2cc(Br)cs2)nc(C(C)C)c1I. The van der Waals surface area contributed by atoms with Crippen molar-refractivity contribution >= 4 is 55.7 Å². The summed E-state index contributed by atoms with van der Waals surface area (Å²) in [7, 11) is 0. The lowest BCUT2D eigenvalue weighted by atomic mass is 10.1. The second-order valence-corrected chi connectivity index (χ2v) is 7.31. The molecular weight excluding hydrogens is 437 g/mol. The first-order valence-electron chi connectivity index (χ1n) is 6.08. The van der Waals surface area contributed by atoms with Gasteiger partial charge in [-0.1, -0.05) is 13.8 Å². The molecule has 6 heteroatoms. The minimum absolute atomic E-state index is 0.384. The molecule has 0 unspecified atom stereocenters. The monoisotopic (exact) mass is 451 g/mol. The van der Waals surface area contributed by atoms with Crippen molar-refractivity contribution in [2.45, 2.75) is 26.7 Å². The van der Waals surface area contributed by atoms with Gasteiger partial charge in [-0.2, -0.15) is 0 Å². The topological polar surface area (TPSA) is 37.8 Å². The maximum atomic E-state index is 4.73. The van der Waals surface area contributed by atoms with Crippen LogP contribution in [0.4, 0.5) is 5.82 Å². The van der Waals surface area contributed by atoms with Crippen molar-refractivity contribution in [3.8, 4) is 10.7 Å². The van der Waals surface area contributed by atoms with Gasteiger partial charge in [-0.3, -0.25) is 0 Å². The maximum Gasteiger partial charge on any atom is 0.171 e. The summed E-state index contributed by atoms with van der Waals surface area (Å²) in [6, 6.07) is 2.06. The first-order chi connectivity index (χ1) is 9.02. The summed E-state index contributed by atoms with van der Waals surface area (Å²) in [5.74, 6) is 2.12. The van der Waals surface area contributed by atoms with Crippen LogP contribution in [-0.2, 0) is 0 Å². The van der Waals surface area contributed by atoms with Crippen LogP contribution in [0.3, 0.4) is 0 Å². The number of thiophene rings is 1. The standard InChI is InChI=1S/C13H15BrIN3S/c1-4-16-13-10(15)11(7(2)3)17-12(18-13)9-5-8(14)6-19-9/h5-7H,4H2,1-3H3,(H,16,17,18). The lowest BCUT2D eigenvalue weighted by Gasteiger charge is -2.13. The molecule has 0 saturated heterocycles. The largest absolute Gasteiger partial charge is 0.369 e. The zero-order valence-corrected chi connectivity index (χ0v) is 15.6. The summed E-state index contributed by atoms with van der Waals surface area (Å²) in [5, 5.41) is 5.38. The van der Waals surface area contributed by atoms with Crippen molar-refractivity contribution in [3.05, 3.63) is 25.2 Å². The Labute approximate surface area is 139 Å². The Kier molecular flexibility index (Phi) is 5.19. The van der Waals surface area contributed by atoms with Crippen molar-refractivity contribution in [2.24, 2.45) is 0 Å². The van der Waals surface area contributed by atoms with E-state index in [1.165, 1.54) is 0 Å². The van der Waals surface area contributed by atoms with E-state index in [1.54, 1.807) is 11.3 Å². The van der Waals surface area contributed by atoms with Crippen LogP contribution in [0.15, 0.2) is 15.9 Å². The first-order valence-corrected chi connectivity index (χ1v) is 8.83. The Morgan fingerprint density at radius 3 is 2.68 bits per heavy atom. The molecule has 0 saturated carbocycles. The molecule has 0 aliphatic carbocycles. The summed E-state index contributed by atoms with van der Waals surface area (Å²) in [4.78, 5) is 10.5. The Morgan fingerprint density at radius 2 is 2.16 bits per heavy atom. The van der Waals surface area contributed by atoms with Crippen molar-refractivity contribution < 1.29 is 0 Å². The average Bonchev–Trinajstić information content (AvgIpc) is 2.78. The molecule has 3 nitrogen and oxygen atoms in total. The quantitative estimate of drug-likeness (QED) is 0.655. The summed E-state index contributed by atoms with van der Waals surface area (Å²) < 4.78 is 2.19. The predicted molar refractivity (Wildman–Crippen MR) is 94.0 cm³/mol. The first kappa shape index (κ1) is 15.2. The van der Waals surface area contributed by atoms with Crippen LogP contribution in [0.1, 0.15) is 32.4 Å². The Balaban J connectivity index is 2.55. The van der Waals surface area contributed by atoms with E-state index in [1.807, 2.05) is 0 Å². The van der Waals surface area contributed by atoms with Crippen LogP contribution in [-0.4, -0.2) is 16.5 Å². The van der Waals surface area contributed by atoms with E-state index in [0.717, 1.165) is 36.8 Å². The third kappa shape index (κ3) is 3.46. The molecule has 2 heterocycles. The van der Waals surface area contributed by atoms with E-state index in [2.05, 4.69) is 81.0 Å². The van der Waals surface area contributed by atoms with Crippen LogP contribution in [0.25, 0.3) is 10.7 Å². The molecule has 2 aromatic heterocycles. The molecule has 0 spiro atoms. The number of hydrogen-bond acceptors (Lipinski definition) is 4. The highest BCUT2D eigenvalue weighted by Crippen LogP contribution is 2.32. The zero-order valence-electron chi connectivity index (χ0n) is 11.0. The fourth-order valence-electron chi connectivity index (χ4n) is 1.67. The van der Waals surface area contributed by atoms with Gasteiger partial charge < -0.3 is 5.32 Å². The molecule has 0 aromatic carbocycles. The fourth-order valence-corrected chi connectivity index (χ4v) is 4.09. The van der Waals surface area contributed by atoms with Gasteiger partial charge in [0.25, 0.3) is 0 Å². The number of rotatable bonds is 4. The molecule has 0 amide bonds. The summed E-state index contributed by atoms with van der Waals surface area (Å²) in [5.41, 5.74) is 1.10. The highest BCUT2D eigenvalue weighted by atomic mass is 127. The molecule has 0 radical (unpaired) electrons. The molecule has 19 heavy (non-hydrogen) atoms. The van der Waals surface area contributed by atoms with Gasteiger partial charge in [0.1, 0.15) is 5.82 Å². The third-order valence-corrected chi connectivity index (χ3v) is 5.31. The zero-order chi connectivity index (χ0) is 14.0. The number of nitrogens with one attached hydrogen (secondary N) is 1. The molecule has 102 valence electrons. The summed E-state index contributed by atoms with van der Waals surface area (Å²) in [6.45, 7) is 7.26. The van der Waals surface area contributed by atoms with Gasteiger partial charge >= 0.3 is 0 Å². The molecule has 2 aromatic rings. The molecular formula is C13H15BrIN3S. The van der Waals surface area contributed by atoms with Crippen LogP contribution in [0.2, 0.25) is 0 Å². The van der Waals surface area contributed by atoms with Crippen molar-refractivity contribution in [1.82, 2.24) is 9.97 Å². The van der Waals surface area contributed by atoms with Crippen LogP contribution in [0, 0.1) is 3.57 Å². The number of aromatic nitrogens is 2. The number of nitrogens with zero attached hydrogens (tertiary/aromatic N) is 2. The van der Waals surface area contributed by atoms with Gasteiger partial charge in [-0.15, -0.1) is 11.3 Å². The van der Waals surface area contributed by atoms with Gasteiger partial charge in [0.2, 0.25) is 0 Å². The summed E-state index contributed by atoms with van der Waals surface area (Å²) in [6.07, 6.45) is 0. The molecule has 0 atom stereocenters. The second-order valence-electron chi connectivity index (χ2n) is 4.41. The van der Waals surface area contributed by atoms with E-state index >= 15 is 0 Å². The number of anilines is 1. The van der Waals surface area contributed by atoms with Gasteiger partial charge in [0.05, 0.1) is 14.1 Å². The molecule has 0 aliphatic heterocycles. The van der Waals surface area contributed by atoms with E-state index in [4.69, 9.17) is 4.98 Å². The smallest absolute Gasteiger partial charge is 0.171 e. The van der Waals surface area contributed by atoms with Gasteiger partial charge in [0.15, 0.2) is 5.82 Å². The van der Waals surface area contributed by atoms with Gasteiger partial charge in [-0.05, 0) is 57.4 Å². The second kappa shape index (κ2) is 6.49. The van der Waals surface area contributed by atoms with E-state index in [0.29, 0.717) is 5.92 Å². The number of halogens is 2. The molecule has 0 bridgehead atoms. The van der Waals surface area contributed by atoms with Gasteiger partial charge in [-0.25, -0.2) is 9.97 Å². The van der Waals surface area contributed by atoms with Crippen molar-refractivity contribution in [3.63, 3.8) is 0 Å². The van der Waals surface area contributed by atoms with Crippen LogP contribution in [0.5, 0.6) is 0 Å². The van der Waals surface area contributed by atoms with Crippen molar-refractivity contribution in [1.29, 1.82) is 0 Å². The molecule has 0 fully saturated rings. The fraction of sp³-hybridized carbons (Fsp3) is 0.385. The van der Waals surface area contributed by atoms with Crippen molar-refractivity contribution in [2.75, 3.05) is 11.9 Å². The van der Waals surface area contributed by atoms with E-state index in [-0.39, 0.29) is 0 Å². The minimum atomic E-state index is 0.384. The minimum Gasteiger partial charge on any atom is -0.369 e. The van der Waals surface area contributed by atoms with E-state index in [9.17, 15) is 0 Å². The highest BCUT2D eigenvalue weighted by Gasteiger charge is 2.16. The van der Waals surface area contributed by atoms with Crippen LogP contribution < -0.4 is 5.32 Å². The van der Waals surface area contributed by atoms with E-state index < -0.39 is 0 Å². The highest BCUT2D eigenvalue weighted by molar-refractivity contribution is 14.1. The Hall–Kier alpha value is -0.210. The summed E-state index contributed by atoms with van der Waals surface area (Å²) >= 11 is 7.46. The average molecular weight is 452 g/mol. The Morgan fingerprint density at radius 1 is 1.42 bits per heavy atom. The normalized spacial score (nSPS) is 11.1. The predicted octanol–water partition coefficient (Wildman–Crippen LogP) is 5.13. The van der Waals surface area contributed by atoms with Gasteiger partial charge in [0, 0.05) is 16.4 Å². The molecule has 2 rings (SSSR count). The Bertz CT molecular complexity index is 583. The molecule has 0 aliphatic rings. The maximum absolute atomic E-state index is 4.73. The van der Waals surface area contributed by atoms with Crippen LogP contribution >= 0.6 is 49.9 Å². The molecule has 1 N–H and O–H groups in total. The third-order valence-electron chi connectivity index (χ3n) is 2.56. The lowest BCUT2D eigenvalue weighted by Crippen LogP contribution is -2.08.